The summed E-state index contributed by atoms with van der Waals surface area (Å²) in [5.41, 5.74) is 5.24. The van der Waals surface area contributed by atoms with E-state index in [2.05, 4.69) is 21.1 Å². The fraction of sp³-hybridized carbons (Fsp3) is 0.375. The zero-order valence-corrected chi connectivity index (χ0v) is 21.8. The number of halogens is 3. The molecule has 1 saturated heterocycles. The van der Waals surface area contributed by atoms with Crippen LogP contribution in [-0.4, -0.2) is 43.8 Å². The molecule has 10 heteroatoms. The molecule has 34 heavy (non-hydrogen) atoms. The monoisotopic (exact) mass is 540 g/mol. The van der Waals surface area contributed by atoms with Crippen LogP contribution >= 0.6 is 48.8 Å². The van der Waals surface area contributed by atoms with Gasteiger partial charge in [-0.3, -0.25) is 14.4 Å². The molecule has 2 aromatic heterocycles. The highest BCUT2D eigenvalue weighted by Gasteiger charge is 2.40. The van der Waals surface area contributed by atoms with Gasteiger partial charge in [0.2, 0.25) is 0 Å². The van der Waals surface area contributed by atoms with Gasteiger partial charge in [0.05, 0.1) is 29.5 Å². The lowest BCUT2D eigenvalue weighted by atomic mass is 9.93. The summed E-state index contributed by atoms with van der Waals surface area (Å²) in [4.78, 5) is 19.6. The fourth-order valence-corrected chi connectivity index (χ4v) is 5.11. The van der Waals surface area contributed by atoms with Crippen molar-refractivity contribution in [1.29, 1.82) is 0 Å². The number of hydrogen-bond acceptors (Lipinski definition) is 6. The molecule has 182 valence electrons. The van der Waals surface area contributed by atoms with Crippen molar-refractivity contribution < 1.29 is 9.18 Å². The normalized spacial score (nSPS) is 20.4. The highest BCUT2D eigenvalue weighted by atomic mass is 35.5. The quantitative estimate of drug-likeness (QED) is 0.403. The first-order valence-corrected chi connectivity index (χ1v) is 12.4. The number of carbonyl (C=O) groups is 1. The zero-order chi connectivity index (χ0) is 22.1. The van der Waals surface area contributed by atoms with Crippen LogP contribution in [0.1, 0.15) is 42.3 Å². The predicted octanol–water partition coefficient (Wildman–Crippen LogP) is 5.48. The van der Waals surface area contributed by atoms with Crippen LogP contribution in [0.5, 0.6) is 0 Å². The number of Topliss-reactive ketones (excluding diaryl/α,β-unsaturated/α-hetero) is 1. The van der Waals surface area contributed by atoms with E-state index < -0.39 is 6.04 Å². The van der Waals surface area contributed by atoms with Gasteiger partial charge in [0.15, 0.2) is 5.78 Å². The Morgan fingerprint density at radius 2 is 2.03 bits per heavy atom. The van der Waals surface area contributed by atoms with Crippen LogP contribution in [0.3, 0.4) is 0 Å². The summed E-state index contributed by atoms with van der Waals surface area (Å²) in [5.74, 6) is -0.118. The Kier molecular flexibility index (Phi) is 9.34. The molecule has 2 atom stereocenters. The number of piperidine rings is 1. The van der Waals surface area contributed by atoms with Crippen LogP contribution in [0.15, 0.2) is 53.0 Å². The van der Waals surface area contributed by atoms with E-state index in [9.17, 15) is 9.18 Å². The van der Waals surface area contributed by atoms with Gasteiger partial charge in [-0.05, 0) is 43.0 Å². The molecule has 1 saturated carbocycles. The molecule has 0 bridgehead atoms. The van der Waals surface area contributed by atoms with Crippen LogP contribution in [0.4, 0.5) is 4.39 Å². The SMILES string of the molecule is Cl.Cl.O=C(C1CC1)C(c1ccccc1F)N1CCC(S)/C(=C/c2ccn(Cc3cscn3)n2)C1. The van der Waals surface area contributed by atoms with E-state index in [1.807, 2.05) is 33.9 Å². The molecule has 2 aliphatic rings. The average molecular weight is 542 g/mol. The van der Waals surface area contributed by atoms with Gasteiger partial charge < -0.3 is 0 Å². The first-order valence-electron chi connectivity index (χ1n) is 10.9. The molecular weight excluding hydrogens is 514 g/mol. The maximum absolute atomic E-state index is 14.7. The van der Waals surface area contributed by atoms with Gasteiger partial charge in [-0.25, -0.2) is 9.37 Å². The summed E-state index contributed by atoms with van der Waals surface area (Å²) < 4.78 is 16.6. The number of carbonyl (C=O) groups excluding carboxylic acids is 1. The third-order valence-electron chi connectivity index (χ3n) is 6.12. The van der Waals surface area contributed by atoms with Crippen LogP contribution in [0.2, 0.25) is 0 Å². The highest BCUT2D eigenvalue weighted by molar-refractivity contribution is 7.81. The van der Waals surface area contributed by atoms with Gasteiger partial charge in [0.25, 0.3) is 0 Å². The molecular formula is C24H27Cl2FN4OS2. The third kappa shape index (κ3) is 6.10. The third-order valence-corrected chi connectivity index (χ3v) is 7.34. The molecule has 0 N–H and O–H groups in total. The van der Waals surface area contributed by atoms with E-state index in [1.54, 1.807) is 23.5 Å². The van der Waals surface area contributed by atoms with E-state index in [1.165, 1.54) is 6.07 Å². The molecule has 1 aromatic carbocycles. The van der Waals surface area contributed by atoms with Crippen molar-refractivity contribution in [2.24, 2.45) is 5.92 Å². The Balaban J connectivity index is 0.00000162. The molecule has 0 amide bonds. The van der Waals surface area contributed by atoms with E-state index >= 15 is 0 Å². The largest absolute Gasteiger partial charge is 0.297 e. The second-order valence-corrected chi connectivity index (χ2v) is 9.85. The first kappa shape index (κ1) is 26.9. The Morgan fingerprint density at radius 3 is 2.74 bits per heavy atom. The van der Waals surface area contributed by atoms with E-state index in [0.29, 0.717) is 25.2 Å². The van der Waals surface area contributed by atoms with E-state index in [-0.39, 0.29) is 47.6 Å². The fourth-order valence-electron chi connectivity index (χ4n) is 4.29. The van der Waals surface area contributed by atoms with Crippen molar-refractivity contribution in [2.75, 3.05) is 13.1 Å². The average Bonchev–Trinajstić information content (AvgIpc) is 3.35. The van der Waals surface area contributed by atoms with Gasteiger partial charge >= 0.3 is 0 Å². The Morgan fingerprint density at radius 1 is 1.24 bits per heavy atom. The maximum atomic E-state index is 14.7. The van der Waals surface area contributed by atoms with Crippen molar-refractivity contribution in [2.45, 2.75) is 37.1 Å². The van der Waals surface area contributed by atoms with Gasteiger partial charge in [0, 0.05) is 41.4 Å². The number of likely N-dealkylation sites (tertiary alicyclic amines) is 1. The molecule has 2 unspecified atom stereocenters. The molecule has 0 spiro atoms. The second-order valence-electron chi connectivity index (χ2n) is 8.51. The van der Waals surface area contributed by atoms with Crippen LogP contribution in [0.25, 0.3) is 6.08 Å². The molecule has 5 nitrogen and oxygen atoms in total. The lowest BCUT2D eigenvalue weighted by Gasteiger charge is -2.37. The molecule has 2 fully saturated rings. The molecule has 5 rings (SSSR count). The molecule has 3 aromatic rings. The number of benzene rings is 1. The summed E-state index contributed by atoms with van der Waals surface area (Å²) >= 11 is 6.36. The number of hydrogen-bond donors (Lipinski definition) is 1. The van der Waals surface area contributed by atoms with Crippen molar-refractivity contribution in [3.05, 3.63) is 75.8 Å². The molecule has 0 radical (unpaired) electrons. The van der Waals surface area contributed by atoms with Crippen molar-refractivity contribution in [3.63, 3.8) is 0 Å². The Hall–Kier alpha value is -1.71. The number of thiazole rings is 1. The predicted molar refractivity (Wildman–Crippen MR) is 142 cm³/mol. The van der Waals surface area contributed by atoms with Crippen LogP contribution in [0, 0.1) is 11.7 Å². The van der Waals surface area contributed by atoms with Crippen molar-refractivity contribution in [1.82, 2.24) is 19.7 Å². The van der Waals surface area contributed by atoms with Gasteiger partial charge in [0.1, 0.15) is 5.82 Å². The smallest absolute Gasteiger partial charge is 0.157 e. The van der Waals surface area contributed by atoms with Gasteiger partial charge in [-0.1, -0.05) is 18.2 Å². The van der Waals surface area contributed by atoms with Crippen molar-refractivity contribution >= 4 is 60.6 Å². The number of aromatic nitrogens is 3. The lowest BCUT2D eigenvalue weighted by molar-refractivity contribution is -0.126. The molecule has 1 aliphatic heterocycles. The first-order chi connectivity index (χ1) is 15.6. The minimum atomic E-state index is -0.546. The van der Waals surface area contributed by atoms with Crippen LogP contribution in [-0.2, 0) is 11.3 Å². The number of rotatable bonds is 7. The Labute approximate surface area is 220 Å². The Bertz CT molecular complexity index is 1130. The van der Waals surface area contributed by atoms with E-state index in [0.717, 1.165) is 36.2 Å². The summed E-state index contributed by atoms with van der Waals surface area (Å²) in [6, 6.07) is 8.10. The van der Waals surface area contributed by atoms with E-state index in [4.69, 9.17) is 12.6 Å². The number of nitrogens with zero attached hydrogens (tertiary/aromatic N) is 4. The maximum Gasteiger partial charge on any atom is 0.157 e. The topological polar surface area (TPSA) is 51.0 Å². The standard InChI is InChI=1S/C24H25FN4OS2.2ClH/c25-21-4-2-1-3-20(21)23(24(30)16-5-6-16)28-9-8-22(31)17(12-28)11-18-7-10-29(27-18)13-19-14-32-15-26-19;;/h1-4,7,10-11,14-16,22-23,31H,5-6,8-9,12-13H2;2*1H/b17-11+;;. The minimum absolute atomic E-state index is 0. The van der Waals surface area contributed by atoms with Crippen LogP contribution < -0.4 is 0 Å². The summed E-state index contributed by atoms with van der Waals surface area (Å²) in [7, 11) is 0. The lowest BCUT2D eigenvalue weighted by Crippen LogP contribution is -2.42. The van der Waals surface area contributed by atoms with Gasteiger partial charge in [-0.2, -0.15) is 17.7 Å². The second kappa shape index (κ2) is 11.8. The zero-order valence-electron chi connectivity index (χ0n) is 18.4. The summed E-state index contributed by atoms with van der Waals surface area (Å²) in [6.45, 7) is 1.92. The minimum Gasteiger partial charge on any atom is -0.297 e. The number of thiol groups is 1. The van der Waals surface area contributed by atoms with Gasteiger partial charge in [-0.15, -0.1) is 36.2 Å². The van der Waals surface area contributed by atoms with Crippen molar-refractivity contribution in [3.8, 4) is 0 Å². The highest BCUT2D eigenvalue weighted by Crippen LogP contribution is 2.39. The summed E-state index contributed by atoms with van der Waals surface area (Å²) in [5, 5.41) is 6.76. The number of ketones is 1. The molecule has 1 aliphatic carbocycles. The summed E-state index contributed by atoms with van der Waals surface area (Å²) in [6.07, 6.45) is 6.62. The molecule has 3 heterocycles.